The van der Waals surface area contributed by atoms with Gasteiger partial charge < -0.3 is 4.90 Å². The second-order valence-electron chi connectivity index (χ2n) is 7.68. The largest absolute Gasteiger partial charge is 0.302 e. The second-order valence-corrected chi connectivity index (χ2v) is 10.7. The first-order valence-electron chi connectivity index (χ1n) is 10.4. The summed E-state index contributed by atoms with van der Waals surface area (Å²) in [6, 6.07) is 10.5. The predicted octanol–water partition coefficient (Wildman–Crippen LogP) is 4.31. The highest BCUT2D eigenvalue weighted by Crippen LogP contribution is 2.33. The number of carbonyl (C=O) groups excluding carboxylic acids is 1. The van der Waals surface area contributed by atoms with Crippen molar-refractivity contribution in [3.05, 3.63) is 53.1 Å². The van der Waals surface area contributed by atoms with Gasteiger partial charge in [0.1, 0.15) is 0 Å². The Morgan fingerprint density at radius 2 is 1.74 bits per heavy atom. The van der Waals surface area contributed by atoms with Crippen LogP contribution in [0, 0.1) is 13.8 Å². The van der Waals surface area contributed by atoms with Crippen LogP contribution in [-0.4, -0.2) is 56.6 Å². The Balaban J connectivity index is 2.10. The lowest BCUT2D eigenvalue weighted by Crippen LogP contribution is -2.39. The molecule has 0 unspecified atom stereocenters. The van der Waals surface area contributed by atoms with Crippen LogP contribution < -0.4 is 4.90 Å². The van der Waals surface area contributed by atoms with Gasteiger partial charge in [-0.3, -0.25) is 9.69 Å². The van der Waals surface area contributed by atoms with Crippen molar-refractivity contribution in [3.8, 4) is 0 Å². The highest BCUT2D eigenvalue weighted by molar-refractivity contribution is 7.90. The lowest BCUT2D eigenvalue weighted by Gasteiger charge is -2.25. The standard InChI is InChI=1S/C23H29N3O3S2/c1-6-25(7-2)12-13-26(22(27)18-10-8-9-11-20(18)31(5,28)29)23-24-21-17(4)14-16(3)15-19(21)30-23/h8-11,14-15H,6-7,12-13H2,1-5H3. The molecule has 0 aliphatic rings. The number of aryl methyl sites for hydroxylation is 2. The molecule has 0 fully saturated rings. The van der Waals surface area contributed by atoms with Crippen LogP contribution in [0.5, 0.6) is 0 Å². The number of hydrogen-bond donors (Lipinski definition) is 0. The van der Waals surface area contributed by atoms with Crippen LogP contribution in [-0.2, 0) is 9.84 Å². The van der Waals surface area contributed by atoms with Crippen molar-refractivity contribution in [2.24, 2.45) is 0 Å². The molecule has 0 radical (unpaired) electrons. The van der Waals surface area contributed by atoms with Gasteiger partial charge in [-0.15, -0.1) is 0 Å². The van der Waals surface area contributed by atoms with Crippen LogP contribution in [0.3, 0.4) is 0 Å². The lowest BCUT2D eigenvalue weighted by molar-refractivity contribution is 0.0980. The van der Waals surface area contributed by atoms with Crippen LogP contribution >= 0.6 is 11.3 Å². The summed E-state index contributed by atoms with van der Waals surface area (Å²) in [6.45, 7) is 11.1. The van der Waals surface area contributed by atoms with Crippen molar-refractivity contribution in [2.45, 2.75) is 32.6 Å². The molecule has 0 aliphatic carbocycles. The summed E-state index contributed by atoms with van der Waals surface area (Å²) in [4.78, 5) is 22.3. The van der Waals surface area contributed by atoms with Gasteiger partial charge in [0.15, 0.2) is 15.0 Å². The number of thiazole rings is 1. The fourth-order valence-corrected chi connectivity index (χ4v) is 5.70. The third kappa shape index (κ3) is 5.14. The molecule has 1 amide bonds. The molecule has 31 heavy (non-hydrogen) atoms. The van der Waals surface area contributed by atoms with Crippen molar-refractivity contribution < 1.29 is 13.2 Å². The smallest absolute Gasteiger partial charge is 0.261 e. The van der Waals surface area contributed by atoms with E-state index >= 15 is 0 Å². The van der Waals surface area contributed by atoms with E-state index in [1.165, 1.54) is 17.4 Å². The molecule has 0 bridgehead atoms. The van der Waals surface area contributed by atoms with E-state index in [9.17, 15) is 13.2 Å². The molecule has 8 heteroatoms. The van der Waals surface area contributed by atoms with E-state index in [0.717, 1.165) is 40.7 Å². The molecule has 0 saturated heterocycles. The van der Waals surface area contributed by atoms with Crippen LogP contribution in [0.15, 0.2) is 41.3 Å². The summed E-state index contributed by atoms with van der Waals surface area (Å²) >= 11 is 1.46. The Labute approximate surface area is 188 Å². The van der Waals surface area contributed by atoms with Gasteiger partial charge in [-0.2, -0.15) is 0 Å². The monoisotopic (exact) mass is 459 g/mol. The van der Waals surface area contributed by atoms with Gasteiger partial charge in [-0.05, 0) is 56.3 Å². The molecule has 0 aliphatic heterocycles. The first-order chi connectivity index (χ1) is 14.7. The second kappa shape index (κ2) is 9.46. The molecule has 6 nitrogen and oxygen atoms in total. The molecule has 0 N–H and O–H groups in total. The summed E-state index contributed by atoms with van der Waals surface area (Å²) in [5, 5.41) is 0.587. The fourth-order valence-electron chi connectivity index (χ4n) is 3.65. The molecule has 166 valence electrons. The van der Waals surface area contributed by atoms with Gasteiger partial charge in [-0.1, -0.05) is 43.4 Å². The van der Waals surface area contributed by atoms with Gasteiger partial charge in [0.2, 0.25) is 0 Å². The Morgan fingerprint density at radius 3 is 2.39 bits per heavy atom. The summed E-state index contributed by atoms with van der Waals surface area (Å²) in [5.41, 5.74) is 3.26. The molecule has 0 atom stereocenters. The van der Waals surface area contributed by atoms with Gasteiger partial charge >= 0.3 is 0 Å². The third-order valence-electron chi connectivity index (χ3n) is 5.35. The van der Waals surface area contributed by atoms with Crippen molar-refractivity contribution in [3.63, 3.8) is 0 Å². The molecular formula is C23H29N3O3S2. The van der Waals surface area contributed by atoms with Crippen molar-refractivity contribution in [2.75, 3.05) is 37.3 Å². The molecule has 2 aromatic carbocycles. The first-order valence-corrected chi connectivity index (χ1v) is 13.1. The highest BCUT2D eigenvalue weighted by atomic mass is 32.2. The minimum atomic E-state index is -3.55. The number of anilines is 1. The van der Waals surface area contributed by atoms with Crippen molar-refractivity contribution >= 4 is 42.4 Å². The topological polar surface area (TPSA) is 70.6 Å². The zero-order valence-corrected chi connectivity index (χ0v) is 20.3. The SMILES string of the molecule is CCN(CC)CCN(C(=O)c1ccccc1S(C)(=O)=O)c1nc2c(C)cc(C)cc2s1. The maximum atomic E-state index is 13.6. The molecule has 3 rings (SSSR count). The Kier molecular flexibility index (Phi) is 7.13. The average molecular weight is 460 g/mol. The maximum absolute atomic E-state index is 13.6. The van der Waals surface area contributed by atoms with Gasteiger partial charge in [0.05, 0.1) is 20.7 Å². The van der Waals surface area contributed by atoms with Crippen LogP contribution in [0.4, 0.5) is 5.13 Å². The third-order valence-corrected chi connectivity index (χ3v) is 7.53. The minimum Gasteiger partial charge on any atom is -0.302 e. The Morgan fingerprint density at radius 1 is 1.06 bits per heavy atom. The van der Waals surface area contributed by atoms with Crippen molar-refractivity contribution in [1.82, 2.24) is 9.88 Å². The summed E-state index contributed by atoms with van der Waals surface area (Å²) < 4.78 is 25.6. The minimum absolute atomic E-state index is 0.0426. The van der Waals surface area contributed by atoms with E-state index in [0.29, 0.717) is 18.2 Å². The number of rotatable bonds is 8. The number of nitrogens with zero attached hydrogens (tertiary/aromatic N) is 3. The normalized spacial score (nSPS) is 11.9. The fraction of sp³-hybridized carbons (Fsp3) is 0.391. The summed E-state index contributed by atoms with van der Waals surface area (Å²) in [7, 11) is -3.55. The zero-order valence-electron chi connectivity index (χ0n) is 18.7. The number of sulfone groups is 1. The summed E-state index contributed by atoms with van der Waals surface area (Å²) in [5.74, 6) is -0.346. The number of likely N-dealkylation sites (N-methyl/N-ethyl adjacent to an activating group) is 1. The van der Waals surface area contributed by atoms with Gasteiger partial charge in [0.25, 0.3) is 5.91 Å². The van der Waals surface area contributed by atoms with Crippen LogP contribution in [0.2, 0.25) is 0 Å². The van der Waals surface area contributed by atoms with Crippen molar-refractivity contribution in [1.29, 1.82) is 0 Å². The number of carbonyl (C=O) groups is 1. The number of hydrogen-bond acceptors (Lipinski definition) is 6. The summed E-state index contributed by atoms with van der Waals surface area (Å²) in [6.07, 6.45) is 1.13. The molecule has 3 aromatic rings. The molecule has 0 spiro atoms. The number of benzene rings is 2. The van der Waals surface area contributed by atoms with Crippen LogP contribution in [0.1, 0.15) is 35.3 Å². The average Bonchev–Trinajstić information content (AvgIpc) is 3.14. The first kappa shape index (κ1) is 23.4. The van der Waals surface area contributed by atoms with E-state index in [-0.39, 0.29) is 16.4 Å². The maximum Gasteiger partial charge on any atom is 0.261 e. The number of aromatic nitrogens is 1. The van der Waals surface area contributed by atoms with E-state index in [4.69, 9.17) is 4.98 Å². The van der Waals surface area contributed by atoms with Gasteiger partial charge in [0, 0.05) is 19.3 Å². The van der Waals surface area contributed by atoms with Gasteiger partial charge in [-0.25, -0.2) is 13.4 Å². The molecule has 1 aromatic heterocycles. The number of amides is 1. The van der Waals surface area contributed by atoms with Crippen LogP contribution in [0.25, 0.3) is 10.2 Å². The van der Waals surface area contributed by atoms with E-state index in [1.54, 1.807) is 23.1 Å². The molecular weight excluding hydrogens is 430 g/mol. The number of fused-ring (bicyclic) bond motifs is 1. The van der Waals surface area contributed by atoms with E-state index in [1.807, 2.05) is 13.8 Å². The zero-order chi connectivity index (χ0) is 22.8. The molecule has 0 saturated carbocycles. The quantitative estimate of drug-likeness (QED) is 0.502. The Bertz CT molecular complexity index is 1200. The predicted molar refractivity (Wildman–Crippen MR) is 128 cm³/mol. The van der Waals surface area contributed by atoms with E-state index in [2.05, 4.69) is 30.9 Å². The highest BCUT2D eigenvalue weighted by Gasteiger charge is 2.26. The van der Waals surface area contributed by atoms with E-state index < -0.39 is 9.84 Å². The molecule has 1 heterocycles. The Hall–Kier alpha value is -2.29. The lowest BCUT2D eigenvalue weighted by atomic mass is 10.1.